The smallest absolute Gasteiger partial charge is 0.00388 e. The molecule has 0 aromatic carbocycles. The summed E-state index contributed by atoms with van der Waals surface area (Å²) in [6.07, 6.45) is 9.51. The lowest BCUT2D eigenvalue weighted by molar-refractivity contribution is 0.453. The van der Waals surface area contributed by atoms with Crippen molar-refractivity contribution in [3.05, 3.63) is 0 Å². The lowest BCUT2D eigenvalue weighted by Crippen LogP contribution is -2.20. The zero-order valence-corrected chi connectivity index (χ0v) is 6.81. The van der Waals surface area contributed by atoms with Crippen LogP contribution in [0.1, 0.15) is 46.4 Å². The van der Waals surface area contributed by atoms with E-state index in [0.717, 1.165) is 0 Å². The fourth-order valence-electron chi connectivity index (χ4n) is 1.49. The van der Waals surface area contributed by atoms with E-state index < -0.39 is 0 Å². The zero-order chi connectivity index (χ0) is 6.53. The van der Waals surface area contributed by atoms with Crippen LogP contribution in [-0.4, -0.2) is 6.04 Å². The molecule has 0 aromatic heterocycles. The molecule has 0 atom stereocenters. The molecule has 0 bridgehead atoms. The van der Waals surface area contributed by atoms with E-state index in [1.54, 1.807) is 0 Å². The molecule has 1 fully saturated rings. The van der Waals surface area contributed by atoms with Gasteiger partial charge in [-0.2, -0.15) is 0 Å². The van der Waals surface area contributed by atoms with Crippen LogP contribution in [0.2, 0.25) is 0 Å². The van der Waals surface area contributed by atoms with Gasteiger partial charge >= 0.3 is 0 Å². The van der Waals surface area contributed by atoms with E-state index >= 15 is 0 Å². The molecule has 2 heteroatoms. The Morgan fingerprint density at radius 3 is 1.80 bits per heavy atom. The summed E-state index contributed by atoms with van der Waals surface area (Å²) >= 11 is 0. The molecule has 63 valence electrons. The molecule has 0 amide bonds. The van der Waals surface area contributed by atoms with Gasteiger partial charge in [0.2, 0.25) is 0 Å². The SMILES string of the molecule is N.NC1CCCCCCC1.[H]. The Bertz CT molecular complexity index is 70.5. The predicted molar refractivity (Wildman–Crippen MR) is 46.4 cm³/mol. The first-order valence-electron chi connectivity index (χ1n) is 4.15. The van der Waals surface area contributed by atoms with Gasteiger partial charge in [-0.05, 0) is 12.8 Å². The molecule has 0 unspecified atom stereocenters. The van der Waals surface area contributed by atoms with E-state index in [1.165, 1.54) is 44.9 Å². The van der Waals surface area contributed by atoms with Gasteiger partial charge in [-0.15, -0.1) is 0 Å². The van der Waals surface area contributed by atoms with E-state index in [1.807, 2.05) is 0 Å². The van der Waals surface area contributed by atoms with E-state index in [-0.39, 0.29) is 7.58 Å². The first-order chi connectivity index (χ1) is 4.39. The van der Waals surface area contributed by atoms with Crippen molar-refractivity contribution in [1.82, 2.24) is 6.15 Å². The molecule has 1 aliphatic rings. The summed E-state index contributed by atoms with van der Waals surface area (Å²) in [6, 6.07) is 0.519. The summed E-state index contributed by atoms with van der Waals surface area (Å²) in [4.78, 5) is 0. The molecular formula is C8H21N2. The maximum Gasteiger partial charge on any atom is 0.00388 e. The van der Waals surface area contributed by atoms with Crippen LogP contribution in [0.15, 0.2) is 0 Å². The molecule has 10 heavy (non-hydrogen) atoms. The number of rotatable bonds is 0. The van der Waals surface area contributed by atoms with Crippen molar-refractivity contribution >= 4 is 0 Å². The van der Waals surface area contributed by atoms with Gasteiger partial charge in [0.15, 0.2) is 0 Å². The summed E-state index contributed by atoms with van der Waals surface area (Å²) in [6.45, 7) is 0. The van der Waals surface area contributed by atoms with Crippen molar-refractivity contribution in [1.29, 1.82) is 0 Å². The van der Waals surface area contributed by atoms with Crippen LogP contribution in [0, 0.1) is 0 Å². The van der Waals surface area contributed by atoms with Crippen molar-refractivity contribution in [2.75, 3.05) is 0 Å². The molecule has 1 aliphatic carbocycles. The van der Waals surface area contributed by atoms with Crippen LogP contribution in [0.5, 0.6) is 0 Å². The molecule has 1 radical (unpaired) electrons. The molecule has 2 nitrogen and oxygen atoms in total. The van der Waals surface area contributed by atoms with Gasteiger partial charge in [0.1, 0.15) is 0 Å². The topological polar surface area (TPSA) is 61.0 Å². The fourth-order valence-corrected chi connectivity index (χ4v) is 1.49. The second-order valence-electron chi connectivity index (χ2n) is 3.11. The molecule has 1 rings (SSSR count). The summed E-state index contributed by atoms with van der Waals surface area (Å²) in [5, 5.41) is 0. The minimum atomic E-state index is 0. The van der Waals surface area contributed by atoms with Crippen molar-refractivity contribution in [2.45, 2.75) is 51.0 Å². The van der Waals surface area contributed by atoms with Crippen LogP contribution in [0.3, 0.4) is 0 Å². The first-order valence-corrected chi connectivity index (χ1v) is 4.15. The monoisotopic (exact) mass is 145 g/mol. The van der Waals surface area contributed by atoms with E-state index in [0.29, 0.717) is 6.04 Å². The lowest BCUT2D eigenvalue weighted by atomic mass is 9.98. The third kappa shape index (κ3) is 3.85. The molecule has 0 aromatic rings. The van der Waals surface area contributed by atoms with Crippen molar-refractivity contribution < 1.29 is 1.43 Å². The van der Waals surface area contributed by atoms with Gasteiger partial charge in [-0.1, -0.05) is 32.1 Å². The van der Waals surface area contributed by atoms with Gasteiger partial charge in [0.05, 0.1) is 0 Å². The maximum absolute atomic E-state index is 5.80. The average Bonchev–Trinajstić information content (AvgIpc) is 1.79. The van der Waals surface area contributed by atoms with E-state index in [2.05, 4.69) is 0 Å². The highest BCUT2D eigenvalue weighted by molar-refractivity contribution is 4.64. The number of hydrogen-bond acceptors (Lipinski definition) is 2. The second kappa shape index (κ2) is 5.69. The Morgan fingerprint density at radius 1 is 0.900 bits per heavy atom. The van der Waals surface area contributed by atoms with Crippen LogP contribution < -0.4 is 11.9 Å². The molecule has 0 saturated heterocycles. The Kier molecular flexibility index (Phi) is 5.64. The molecule has 0 spiro atoms. The maximum atomic E-state index is 5.80. The van der Waals surface area contributed by atoms with E-state index in [9.17, 15) is 0 Å². The Labute approximate surface area is 65.2 Å². The standard InChI is InChI=1S/C8H17N.H3N.H/c9-8-6-4-2-1-3-5-7-8;;/h8H,1-7,9H2;1H3;. The number of nitrogens with two attached hydrogens (primary N) is 1. The summed E-state index contributed by atoms with van der Waals surface area (Å²) < 4.78 is 0. The van der Waals surface area contributed by atoms with Gasteiger partial charge in [0.25, 0.3) is 0 Å². The Morgan fingerprint density at radius 2 is 1.30 bits per heavy atom. The fraction of sp³-hybridized carbons (Fsp3) is 1.00. The van der Waals surface area contributed by atoms with Crippen LogP contribution >= 0.6 is 0 Å². The molecule has 5 N–H and O–H groups in total. The van der Waals surface area contributed by atoms with Crippen LogP contribution in [-0.2, 0) is 0 Å². The summed E-state index contributed by atoms with van der Waals surface area (Å²) in [5.74, 6) is 0. The predicted octanol–water partition coefficient (Wildman–Crippen LogP) is 2.33. The van der Waals surface area contributed by atoms with Gasteiger partial charge in [0, 0.05) is 7.47 Å². The molecule has 1 saturated carbocycles. The highest BCUT2D eigenvalue weighted by Gasteiger charge is 2.04. The summed E-state index contributed by atoms with van der Waals surface area (Å²) in [5.41, 5.74) is 5.80. The Hall–Kier alpha value is -0.0800. The van der Waals surface area contributed by atoms with Crippen LogP contribution in [0.25, 0.3) is 0 Å². The van der Waals surface area contributed by atoms with Crippen molar-refractivity contribution in [2.24, 2.45) is 5.73 Å². The van der Waals surface area contributed by atoms with Crippen LogP contribution in [0.4, 0.5) is 0 Å². The largest absolute Gasteiger partial charge is 0.344 e. The Balaban J connectivity index is 0. The first kappa shape index (κ1) is 9.92. The van der Waals surface area contributed by atoms with Gasteiger partial charge in [-0.3, -0.25) is 0 Å². The van der Waals surface area contributed by atoms with Gasteiger partial charge < -0.3 is 11.9 Å². The molecule has 0 aliphatic heterocycles. The quantitative estimate of drug-likeness (QED) is 0.549. The second-order valence-corrected chi connectivity index (χ2v) is 3.11. The average molecular weight is 145 g/mol. The summed E-state index contributed by atoms with van der Waals surface area (Å²) in [7, 11) is 0. The molecule has 0 heterocycles. The van der Waals surface area contributed by atoms with E-state index in [4.69, 9.17) is 5.73 Å². The normalized spacial score (nSPS) is 22.5. The third-order valence-electron chi connectivity index (χ3n) is 2.15. The number of hydrogen-bond donors (Lipinski definition) is 2. The molecular weight excluding hydrogens is 124 g/mol. The lowest BCUT2D eigenvalue weighted by Gasteiger charge is -2.13. The minimum absolute atomic E-state index is 0. The zero-order valence-electron chi connectivity index (χ0n) is 7.81. The third-order valence-corrected chi connectivity index (χ3v) is 2.15. The highest BCUT2D eigenvalue weighted by atomic mass is 14.6. The highest BCUT2D eigenvalue weighted by Crippen LogP contribution is 2.15. The minimum Gasteiger partial charge on any atom is -0.344 e. The van der Waals surface area contributed by atoms with Crippen molar-refractivity contribution in [3.8, 4) is 0 Å². The van der Waals surface area contributed by atoms with Crippen molar-refractivity contribution in [3.63, 3.8) is 0 Å². The van der Waals surface area contributed by atoms with Gasteiger partial charge in [-0.25, -0.2) is 0 Å².